The van der Waals surface area contributed by atoms with E-state index in [0.29, 0.717) is 25.7 Å². The lowest BCUT2D eigenvalue weighted by Gasteiger charge is -2.30. The number of methoxy groups -OCH3 is 1. The fourth-order valence-electron chi connectivity index (χ4n) is 5.01. The van der Waals surface area contributed by atoms with Gasteiger partial charge in [-0.2, -0.15) is 13.2 Å². The van der Waals surface area contributed by atoms with Crippen molar-refractivity contribution in [3.05, 3.63) is 77.4 Å². The number of fused-ring (bicyclic) bond motifs is 1. The van der Waals surface area contributed by atoms with Gasteiger partial charge in [0.25, 0.3) is 0 Å². The SMILES string of the molecule is COc1ccc(CC2(CCC(=O)NCCc3ccccc3C(F)(F)F)CCC(=O)N2)c2ccccc12. The predicted molar refractivity (Wildman–Crippen MR) is 132 cm³/mol. The lowest BCUT2D eigenvalue weighted by Crippen LogP contribution is -2.44. The molecule has 1 unspecified atom stereocenters. The maximum Gasteiger partial charge on any atom is 0.416 e. The summed E-state index contributed by atoms with van der Waals surface area (Å²) in [6.07, 6.45) is -2.18. The summed E-state index contributed by atoms with van der Waals surface area (Å²) in [5, 5.41) is 7.84. The summed E-state index contributed by atoms with van der Waals surface area (Å²) in [7, 11) is 1.63. The fourth-order valence-corrected chi connectivity index (χ4v) is 5.01. The largest absolute Gasteiger partial charge is 0.496 e. The van der Waals surface area contributed by atoms with Gasteiger partial charge < -0.3 is 15.4 Å². The minimum atomic E-state index is -4.43. The van der Waals surface area contributed by atoms with Crippen molar-refractivity contribution < 1.29 is 27.5 Å². The van der Waals surface area contributed by atoms with Crippen LogP contribution in [0.5, 0.6) is 5.75 Å². The standard InChI is InChI=1S/C28H29F3N2O3/c1-36-24-11-10-20(21-7-3-4-8-22(21)24)18-27(16-13-26(35)33-27)15-12-25(34)32-17-14-19-6-2-5-9-23(19)28(29,30)31/h2-11H,12-18H2,1H3,(H,32,34)(H,33,35). The van der Waals surface area contributed by atoms with E-state index in [9.17, 15) is 22.8 Å². The highest BCUT2D eigenvalue weighted by atomic mass is 19.4. The zero-order chi connectivity index (χ0) is 25.8. The Kier molecular flexibility index (Phi) is 7.52. The Bertz CT molecular complexity index is 1260. The van der Waals surface area contributed by atoms with E-state index in [-0.39, 0.29) is 36.8 Å². The number of carbonyl (C=O) groups is 2. The fraction of sp³-hybridized carbons (Fsp3) is 0.357. The highest BCUT2D eigenvalue weighted by Crippen LogP contribution is 2.35. The topological polar surface area (TPSA) is 67.4 Å². The summed E-state index contributed by atoms with van der Waals surface area (Å²) in [5.41, 5.74) is -0.0400. The second-order valence-electron chi connectivity index (χ2n) is 9.23. The van der Waals surface area contributed by atoms with Gasteiger partial charge in [-0.05, 0) is 54.3 Å². The van der Waals surface area contributed by atoms with Crippen molar-refractivity contribution in [1.29, 1.82) is 0 Å². The van der Waals surface area contributed by atoms with Crippen molar-refractivity contribution in [1.82, 2.24) is 10.6 Å². The summed E-state index contributed by atoms with van der Waals surface area (Å²) in [4.78, 5) is 24.8. The monoisotopic (exact) mass is 498 g/mol. The van der Waals surface area contributed by atoms with E-state index in [0.717, 1.165) is 28.2 Å². The Labute approximate surface area is 208 Å². The molecule has 4 rings (SSSR count). The molecule has 2 N–H and O–H groups in total. The molecular weight excluding hydrogens is 469 g/mol. The van der Waals surface area contributed by atoms with Crippen molar-refractivity contribution in [2.45, 2.75) is 50.2 Å². The summed E-state index contributed by atoms with van der Waals surface area (Å²) in [6, 6.07) is 17.2. The number of rotatable bonds is 9. The Hall–Kier alpha value is -3.55. The molecule has 1 aliphatic heterocycles. The van der Waals surface area contributed by atoms with Gasteiger partial charge in [0, 0.05) is 30.3 Å². The molecule has 0 radical (unpaired) electrons. The smallest absolute Gasteiger partial charge is 0.416 e. The average Bonchev–Trinajstić information content (AvgIpc) is 3.23. The summed E-state index contributed by atoms with van der Waals surface area (Å²) in [6.45, 7) is 0.106. The third-order valence-electron chi connectivity index (χ3n) is 6.83. The molecule has 1 fully saturated rings. The number of benzene rings is 3. The molecule has 36 heavy (non-hydrogen) atoms. The molecule has 1 saturated heterocycles. The number of ether oxygens (including phenoxy) is 1. The summed E-state index contributed by atoms with van der Waals surface area (Å²) < 4.78 is 45.1. The molecule has 0 aromatic heterocycles. The molecule has 2 amide bonds. The summed E-state index contributed by atoms with van der Waals surface area (Å²) >= 11 is 0. The van der Waals surface area contributed by atoms with E-state index in [4.69, 9.17) is 4.74 Å². The van der Waals surface area contributed by atoms with E-state index in [1.54, 1.807) is 13.2 Å². The highest BCUT2D eigenvalue weighted by Gasteiger charge is 2.38. The van der Waals surface area contributed by atoms with Gasteiger partial charge in [-0.25, -0.2) is 0 Å². The number of nitrogens with one attached hydrogen (secondary N) is 2. The molecule has 1 heterocycles. The number of alkyl halides is 3. The summed E-state index contributed by atoms with van der Waals surface area (Å²) in [5.74, 6) is 0.474. The molecule has 1 atom stereocenters. The number of hydrogen-bond donors (Lipinski definition) is 2. The van der Waals surface area contributed by atoms with Crippen LogP contribution in [0.4, 0.5) is 13.2 Å². The minimum absolute atomic E-state index is 0.0445. The van der Waals surface area contributed by atoms with Gasteiger partial charge >= 0.3 is 6.18 Å². The normalized spacial score (nSPS) is 17.7. The van der Waals surface area contributed by atoms with E-state index in [1.165, 1.54) is 12.1 Å². The number of carbonyl (C=O) groups excluding carboxylic acids is 2. The number of halogens is 3. The third-order valence-corrected chi connectivity index (χ3v) is 6.83. The van der Waals surface area contributed by atoms with Crippen LogP contribution in [-0.4, -0.2) is 31.0 Å². The first kappa shape index (κ1) is 25.5. The average molecular weight is 499 g/mol. The van der Waals surface area contributed by atoms with Gasteiger partial charge in [-0.3, -0.25) is 9.59 Å². The molecule has 0 saturated carbocycles. The van der Waals surface area contributed by atoms with E-state index in [2.05, 4.69) is 10.6 Å². The molecule has 3 aromatic rings. The van der Waals surface area contributed by atoms with Crippen LogP contribution in [0.1, 0.15) is 42.4 Å². The molecule has 5 nitrogen and oxygen atoms in total. The molecule has 0 bridgehead atoms. The molecule has 1 aliphatic rings. The molecule has 8 heteroatoms. The van der Waals surface area contributed by atoms with Gasteiger partial charge in [0.15, 0.2) is 0 Å². The second kappa shape index (κ2) is 10.6. The van der Waals surface area contributed by atoms with Crippen LogP contribution in [0.25, 0.3) is 10.8 Å². The van der Waals surface area contributed by atoms with Crippen LogP contribution >= 0.6 is 0 Å². The van der Waals surface area contributed by atoms with Crippen LogP contribution in [0.15, 0.2) is 60.7 Å². The van der Waals surface area contributed by atoms with Crippen molar-refractivity contribution in [2.75, 3.05) is 13.7 Å². The van der Waals surface area contributed by atoms with E-state index < -0.39 is 17.3 Å². The zero-order valence-electron chi connectivity index (χ0n) is 20.1. The molecule has 0 aliphatic carbocycles. The first-order valence-corrected chi connectivity index (χ1v) is 12.0. The third kappa shape index (κ3) is 5.80. The van der Waals surface area contributed by atoms with Crippen LogP contribution in [0, 0.1) is 0 Å². The first-order valence-electron chi connectivity index (χ1n) is 12.0. The van der Waals surface area contributed by atoms with Gasteiger partial charge in [0.1, 0.15) is 5.75 Å². The van der Waals surface area contributed by atoms with Gasteiger partial charge in [-0.15, -0.1) is 0 Å². The zero-order valence-corrected chi connectivity index (χ0v) is 20.1. The Morgan fingerprint density at radius 3 is 2.44 bits per heavy atom. The van der Waals surface area contributed by atoms with Crippen molar-refractivity contribution in [2.24, 2.45) is 0 Å². The lowest BCUT2D eigenvalue weighted by molar-refractivity contribution is -0.138. The van der Waals surface area contributed by atoms with Crippen LogP contribution in [-0.2, 0) is 28.6 Å². The van der Waals surface area contributed by atoms with Crippen molar-refractivity contribution in [3.63, 3.8) is 0 Å². The molecular formula is C28H29F3N2O3. The Morgan fingerprint density at radius 1 is 1.03 bits per heavy atom. The van der Waals surface area contributed by atoms with Crippen molar-refractivity contribution in [3.8, 4) is 5.75 Å². The van der Waals surface area contributed by atoms with Crippen LogP contribution in [0.2, 0.25) is 0 Å². The second-order valence-corrected chi connectivity index (χ2v) is 9.23. The van der Waals surface area contributed by atoms with E-state index >= 15 is 0 Å². The number of hydrogen-bond acceptors (Lipinski definition) is 3. The quantitative estimate of drug-likeness (QED) is 0.426. The van der Waals surface area contributed by atoms with Crippen LogP contribution < -0.4 is 15.4 Å². The van der Waals surface area contributed by atoms with Crippen molar-refractivity contribution >= 4 is 22.6 Å². The first-order chi connectivity index (χ1) is 17.2. The maximum atomic E-state index is 13.2. The lowest BCUT2D eigenvalue weighted by atomic mass is 9.83. The van der Waals surface area contributed by atoms with Crippen LogP contribution in [0.3, 0.4) is 0 Å². The van der Waals surface area contributed by atoms with Gasteiger partial charge in [0.05, 0.1) is 12.7 Å². The minimum Gasteiger partial charge on any atom is -0.496 e. The van der Waals surface area contributed by atoms with E-state index in [1.807, 2.05) is 36.4 Å². The predicted octanol–water partition coefficient (Wildman–Crippen LogP) is 5.20. The van der Waals surface area contributed by atoms with Gasteiger partial charge in [0.2, 0.25) is 11.8 Å². The molecule has 3 aromatic carbocycles. The Balaban J connectivity index is 1.41. The molecule has 0 spiro atoms. The Morgan fingerprint density at radius 2 is 1.75 bits per heavy atom. The molecule has 190 valence electrons. The number of amides is 2. The maximum absolute atomic E-state index is 13.2. The van der Waals surface area contributed by atoms with Gasteiger partial charge in [-0.1, -0.05) is 48.5 Å². The highest BCUT2D eigenvalue weighted by molar-refractivity contribution is 5.91.